The molecule has 2 N–H and O–H groups in total. The lowest BCUT2D eigenvalue weighted by Gasteiger charge is -2.11. The van der Waals surface area contributed by atoms with Crippen LogP contribution in [0, 0.1) is 6.92 Å². The molecule has 0 spiro atoms. The van der Waals surface area contributed by atoms with E-state index in [1.807, 2.05) is 49.4 Å². The molecule has 0 radical (unpaired) electrons. The van der Waals surface area contributed by atoms with Crippen LogP contribution < -0.4 is 10.6 Å². The van der Waals surface area contributed by atoms with Crippen LogP contribution in [0.4, 0.5) is 23.1 Å². The number of rotatable bonds is 4. The number of benzene rings is 2. The Morgan fingerprint density at radius 1 is 1.04 bits per heavy atom. The van der Waals surface area contributed by atoms with Crippen LogP contribution in [0.3, 0.4) is 0 Å². The van der Waals surface area contributed by atoms with Crippen molar-refractivity contribution in [1.29, 1.82) is 0 Å². The van der Waals surface area contributed by atoms with E-state index in [-0.39, 0.29) is 0 Å². The highest BCUT2D eigenvalue weighted by Crippen LogP contribution is 2.24. The summed E-state index contributed by atoms with van der Waals surface area (Å²) >= 11 is 9.44. The second-order valence-electron chi connectivity index (χ2n) is 4.99. The minimum Gasteiger partial charge on any atom is -0.340 e. The van der Waals surface area contributed by atoms with Crippen molar-refractivity contribution in [2.45, 2.75) is 6.92 Å². The highest BCUT2D eigenvalue weighted by atomic mass is 79.9. The largest absolute Gasteiger partial charge is 0.340 e. The third-order valence-corrected chi connectivity index (χ3v) is 3.92. The van der Waals surface area contributed by atoms with Gasteiger partial charge in [0.2, 0.25) is 5.95 Å². The fraction of sp³-hybridized carbons (Fsp3) is 0.0588. The summed E-state index contributed by atoms with van der Waals surface area (Å²) in [5, 5.41) is 7.10. The number of nitrogens with zero attached hydrogens (tertiary/aromatic N) is 2. The Morgan fingerprint density at radius 3 is 2.70 bits per heavy atom. The van der Waals surface area contributed by atoms with Crippen molar-refractivity contribution in [1.82, 2.24) is 9.97 Å². The van der Waals surface area contributed by atoms with E-state index in [4.69, 9.17) is 11.6 Å². The fourth-order valence-electron chi connectivity index (χ4n) is 2.09. The molecule has 6 heteroatoms. The molecule has 0 aliphatic rings. The molecule has 0 saturated heterocycles. The Bertz CT molecular complexity index is 838. The number of hydrogen-bond acceptors (Lipinski definition) is 4. The molecule has 0 bridgehead atoms. The Labute approximate surface area is 148 Å². The van der Waals surface area contributed by atoms with Crippen LogP contribution in [0.5, 0.6) is 0 Å². The van der Waals surface area contributed by atoms with Gasteiger partial charge in [-0.25, -0.2) is 4.98 Å². The topological polar surface area (TPSA) is 49.8 Å². The predicted molar refractivity (Wildman–Crippen MR) is 98.9 cm³/mol. The highest BCUT2D eigenvalue weighted by molar-refractivity contribution is 9.10. The van der Waals surface area contributed by atoms with Crippen LogP contribution in [0.2, 0.25) is 5.02 Å². The van der Waals surface area contributed by atoms with E-state index in [2.05, 4.69) is 42.6 Å². The Balaban J connectivity index is 1.79. The van der Waals surface area contributed by atoms with Crippen LogP contribution in [0.1, 0.15) is 5.56 Å². The summed E-state index contributed by atoms with van der Waals surface area (Å²) in [6.45, 7) is 2.04. The summed E-state index contributed by atoms with van der Waals surface area (Å²) in [6.07, 6.45) is 1.70. The second kappa shape index (κ2) is 6.98. The molecule has 0 saturated carbocycles. The average molecular weight is 390 g/mol. The first-order chi connectivity index (χ1) is 11.1. The zero-order valence-electron chi connectivity index (χ0n) is 12.3. The second-order valence-corrected chi connectivity index (χ2v) is 6.34. The Hall–Kier alpha value is -2.11. The standard InChI is InChI=1S/C17H14BrClN4/c1-11-9-12(18)5-6-15(11)22-16-7-8-20-17(23-16)21-14-4-2-3-13(19)10-14/h2-10H,1H3,(H2,20,21,22,23). The summed E-state index contributed by atoms with van der Waals surface area (Å²) in [7, 11) is 0. The lowest BCUT2D eigenvalue weighted by molar-refractivity contribution is 1.16. The molecule has 0 unspecified atom stereocenters. The Morgan fingerprint density at radius 2 is 1.91 bits per heavy atom. The first-order valence-corrected chi connectivity index (χ1v) is 8.16. The van der Waals surface area contributed by atoms with Crippen molar-refractivity contribution < 1.29 is 0 Å². The molecule has 1 heterocycles. The van der Waals surface area contributed by atoms with Crippen LogP contribution in [-0.2, 0) is 0 Å². The van der Waals surface area contributed by atoms with Crippen LogP contribution in [0.25, 0.3) is 0 Å². The summed E-state index contributed by atoms with van der Waals surface area (Å²) in [5.41, 5.74) is 2.97. The Kier molecular flexibility index (Phi) is 4.79. The maximum Gasteiger partial charge on any atom is 0.229 e. The molecule has 0 amide bonds. The van der Waals surface area contributed by atoms with Gasteiger partial charge in [0, 0.05) is 27.1 Å². The minimum absolute atomic E-state index is 0.507. The van der Waals surface area contributed by atoms with Gasteiger partial charge >= 0.3 is 0 Å². The number of aromatic nitrogens is 2. The summed E-state index contributed by atoms with van der Waals surface area (Å²) in [4.78, 5) is 8.70. The van der Waals surface area contributed by atoms with Crippen LogP contribution >= 0.6 is 27.5 Å². The molecule has 0 fully saturated rings. The molecular formula is C17H14BrClN4. The first kappa shape index (κ1) is 15.8. The van der Waals surface area contributed by atoms with Crippen molar-refractivity contribution in [3.8, 4) is 0 Å². The van der Waals surface area contributed by atoms with Crippen LogP contribution in [-0.4, -0.2) is 9.97 Å². The first-order valence-electron chi connectivity index (χ1n) is 6.99. The van der Waals surface area contributed by atoms with E-state index in [1.165, 1.54) is 0 Å². The predicted octanol–water partition coefficient (Wildman–Crippen LogP) is 5.69. The zero-order valence-corrected chi connectivity index (χ0v) is 14.7. The molecule has 0 aliphatic carbocycles. The van der Waals surface area contributed by atoms with Crippen molar-refractivity contribution in [3.63, 3.8) is 0 Å². The summed E-state index contributed by atoms with van der Waals surface area (Å²) in [6, 6.07) is 15.3. The van der Waals surface area contributed by atoms with E-state index < -0.39 is 0 Å². The summed E-state index contributed by atoms with van der Waals surface area (Å²) in [5.74, 6) is 1.22. The molecule has 2 aromatic carbocycles. The third-order valence-electron chi connectivity index (χ3n) is 3.19. The number of aryl methyl sites for hydroxylation is 1. The molecule has 3 aromatic rings. The lowest BCUT2D eigenvalue weighted by atomic mass is 10.2. The number of anilines is 4. The highest BCUT2D eigenvalue weighted by Gasteiger charge is 2.03. The SMILES string of the molecule is Cc1cc(Br)ccc1Nc1ccnc(Nc2cccc(Cl)c2)n1. The smallest absolute Gasteiger partial charge is 0.229 e. The van der Waals surface area contributed by atoms with Gasteiger partial charge in [0.15, 0.2) is 0 Å². The monoisotopic (exact) mass is 388 g/mol. The van der Waals surface area contributed by atoms with Gasteiger partial charge in [-0.2, -0.15) is 4.98 Å². The molecule has 0 aliphatic heterocycles. The molecular weight excluding hydrogens is 376 g/mol. The average Bonchev–Trinajstić information content (AvgIpc) is 2.51. The van der Waals surface area contributed by atoms with Crippen molar-refractivity contribution >= 4 is 50.7 Å². The van der Waals surface area contributed by atoms with Crippen molar-refractivity contribution in [2.75, 3.05) is 10.6 Å². The van der Waals surface area contributed by atoms with Gasteiger partial charge in [-0.05, 0) is 55.0 Å². The van der Waals surface area contributed by atoms with Crippen molar-refractivity contribution in [3.05, 3.63) is 69.8 Å². The van der Waals surface area contributed by atoms with Gasteiger partial charge in [0.05, 0.1) is 0 Å². The molecule has 4 nitrogen and oxygen atoms in total. The van der Waals surface area contributed by atoms with Gasteiger partial charge in [0.1, 0.15) is 5.82 Å². The quantitative estimate of drug-likeness (QED) is 0.602. The molecule has 23 heavy (non-hydrogen) atoms. The normalized spacial score (nSPS) is 10.4. The molecule has 3 rings (SSSR count). The van der Waals surface area contributed by atoms with E-state index in [9.17, 15) is 0 Å². The van der Waals surface area contributed by atoms with Gasteiger partial charge in [-0.15, -0.1) is 0 Å². The van der Waals surface area contributed by atoms with E-state index >= 15 is 0 Å². The lowest BCUT2D eigenvalue weighted by Crippen LogP contribution is -2.01. The maximum absolute atomic E-state index is 5.98. The van der Waals surface area contributed by atoms with Crippen LogP contribution in [0.15, 0.2) is 59.2 Å². The number of halogens is 2. The maximum atomic E-state index is 5.98. The van der Waals surface area contributed by atoms with Gasteiger partial charge in [-0.1, -0.05) is 33.6 Å². The van der Waals surface area contributed by atoms with E-state index in [0.29, 0.717) is 11.0 Å². The minimum atomic E-state index is 0.507. The number of hydrogen-bond donors (Lipinski definition) is 2. The van der Waals surface area contributed by atoms with Gasteiger partial charge in [-0.3, -0.25) is 0 Å². The molecule has 1 aromatic heterocycles. The van der Waals surface area contributed by atoms with Gasteiger partial charge in [0.25, 0.3) is 0 Å². The molecule has 0 atom stereocenters. The van der Waals surface area contributed by atoms with Crippen molar-refractivity contribution in [2.24, 2.45) is 0 Å². The zero-order chi connectivity index (χ0) is 16.2. The van der Waals surface area contributed by atoms with E-state index in [0.717, 1.165) is 27.2 Å². The summed E-state index contributed by atoms with van der Waals surface area (Å²) < 4.78 is 1.05. The van der Waals surface area contributed by atoms with E-state index in [1.54, 1.807) is 6.20 Å². The fourth-order valence-corrected chi connectivity index (χ4v) is 2.76. The number of nitrogens with one attached hydrogen (secondary N) is 2. The van der Waals surface area contributed by atoms with Gasteiger partial charge < -0.3 is 10.6 Å². The molecule has 116 valence electrons. The third kappa shape index (κ3) is 4.21.